The third-order valence-electron chi connectivity index (χ3n) is 4.06. The zero-order chi connectivity index (χ0) is 13.2. The molecule has 1 atom stereocenters. The number of nitrogens with one attached hydrogen (secondary N) is 1. The van der Waals surface area contributed by atoms with E-state index in [-0.39, 0.29) is 11.9 Å². The van der Waals surface area contributed by atoms with Crippen LogP contribution < -0.4 is 15.0 Å². The van der Waals surface area contributed by atoms with Gasteiger partial charge in [-0.1, -0.05) is 6.42 Å². The number of amides is 1. The average Bonchev–Trinajstić information content (AvgIpc) is 2.90. The minimum Gasteiger partial charge on any atom is -0.497 e. The Labute approximate surface area is 113 Å². The topological polar surface area (TPSA) is 41.6 Å². The van der Waals surface area contributed by atoms with Crippen molar-refractivity contribution in [2.45, 2.75) is 31.7 Å². The number of benzene rings is 1. The highest BCUT2D eigenvalue weighted by atomic mass is 16.5. The van der Waals surface area contributed by atoms with Crippen molar-refractivity contribution in [1.82, 2.24) is 5.32 Å². The molecule has 4 nitrogen and oxygen atoms in total. The zero-order valence-corrected chi connectivity index (χ0v) is 11.3. The fourth-order valence-corrected chi connectivity index (χ4v) is 2.98. The lowest BCUT2D eigenvalue weighted by Gasteiger charge is -2.27. The van der Waals surface area contributed by atoms with Crippen LogP contribution in [0.5, 0.6) is 5.75 Å². The monoisotopic (exact) mass is 260 g/mol. The predicted molar refractivity (Wildman–Crippen MR) is 74.7 cm³/mol. The fraction of sp³-hybridized carbons (Fsp3) is 0.533. The van der Waals surface area contributed by atoms with Crippen LogP contribution in [0.3, 0.4) is 0 Å². The van der Waals surface area contributed by atoms with Crippen molar-refractivity contribution in [3.05, 3.63) is 23.8 Å². The summed E-state index contributed by atoms with van der Waals surface area (Å²) in [4.78, 5) is 14.5. The van der Waals surface area contributed by atoms with Gasteiger partial charge in [0.2, 0.25) is 5.91 Å². The van der Waals surface area contributed by atoms with Gasteiger partial charge in [0.15, 0.2) is 0 Å². The molecule has 2 aliphatic heterocycles. The van der Waals surface area contributed by atoms with Crippen LogP contribution in [0.2, 0.25) is 0 Å². The van der Waals surface area contributed by atoms with E-state index in [0.29, 0.717) is 0 Å². The summed E-state index contributed by atoms with van der Waals surface area (Å²) in [6, 6.07) is 5.97. The van der Waals surface area contributed by atoms with E-state index in [1.54, 1.807) is 7.11 Å². The lowest BCUT2D eigenvalue weighted by Crippen LogP contribution is -2.48. The molecule has 2 heterocycles. The Balaban J connectivity index is 1.79. The Morgan fingerprint density at radius 1 is 1.42 bits per heavy atom. The second-order valence-corrected chi connectivity index (χ2v) is 5.24. The second-order valence-electron chi connectivity index (χ2n) is 5.24. The van der Waals surface area contributed by atoms with Crippen molar-refractivity contribution >= 4 is 11.6 Å². The predicted octanol–water partition coefficient (Wildman–Crippen LogP) is 1.73. The van der Waals surface area contributed by atoms with E-state index in [1.807, 2.05) is 23.1 Å². The molecule has 0 radical (unpaired) electrons. The van der Waals surface area contributed by atoms with Crippen molar-refractivity contribution < 1.29 is 9.53 Å². The summed E-state index contributed by atoms with van der Waals surface area (Å²) in [6.45, 7) is 1.75. The van der Waals surface area contributed by atoms with E-state index in [9.17, 15) is 4.79 Å². The molecule has 1 unspecified atom stereocenters. The molecule has 3 rings (SSSR count). The number of nitrogens with zero attached hydrogens (tertiary/aromatic N) is 1. The molecular formula is C15H20N2O2. The molecule has 1 fully saturated rings. The molecule has 4 heteroatoms. The van der Waals surface area contributed by atoms with Gasteiger partial charge in [-0.15, -0.1) is 0 Å². The van der Waals surface area contributed by atoms with Crippen molar-refractivity contribution in [3.63, 3.8) is 0 Å². The molecule has 19 heavy (non-hydrogen) atoms. The number of rotatable bonds is 2. The molecule has 0 spiro atoms. The van der Waals surface area contributed by atoms with E-state index >= 15 is 0 Å². The van der Waals surface area contributed by atoms with Gasteiger partial charge in [-0.3, -0.25) is 4.79 Å². The standard InChI is InChI=1S/C15H20N2O2/c1-19-12-5-6-14-11(10-12)7-9-17(14)15(18)13-4-2-3-8-16-13/h5-6,10,13,16H,2-4,7-9H2,1H3. The summed E-state index contributed by atoms with van der Waals surface area (Å²) < 4.78 is 5.24. The number of fused-ring (bicyclic) bond motifs is 1. The summed E-state index contributed by atoms with van der Waals surface area (Å²) in [5, 5.41) is 3.33. The molecule has 2 aliphatic rings. The maximum atomic E-state index is 12.5. The summed E-state index contributed by atoms with van der Waals surface area (Å²) >= 11 is 0. The summed E-state index contributed by atoms with van der Waals surface area (Å²) in [5.41, 5.74) is 2.27. The van der Waals surface area contributed by atoms with Gasteiger partial charge in [0.25, 0.3) is 0 Å². The molecule has 0 bridgehead atoms. The highest BCUT2D eigenvalue weighted by Crippen LogP contribution is 2.32. The maximum Gasteiger partial charge on any atom is 0.244 e. The molecule has 1 aromatic rings. The van der Waals surface area contributed by atoms with Crippen LogP contribution in [0.15, 0.2) is 18.2 Å². The molecule has 1 amide bonds. The van der Waals surface area contributed by atoms with Gasteiger partial charge in [-0.2, -0.15) is 0 Å². The molecule has 102 valence electrons. The summed E-state index contributed by atoms with van der Waals surface area (Å²) in [7, 11) is 1.67. The Hall–Kier alpha value is -1.55. The van der Waals surface area contributed by atoms with Crippen molar-refractivity contribution in [2.75, 3.05) is 25.1 Å². The van der Waals surface area contributed by atoms with Gasteiger partial charge in [-0.05, 0) is 49.6 Å². The fourth-order valence-electron chi connectivity index (χ4n) is 2.98. The van der Waals surface area contributed by atoms with Crippen LogP contribution in [-0.2, 0) is 11.2 Å². The minimum absolute atomic E-state index is 0.00167. The smallest absolute Gasteiger partial charge is 0.244 e. The number of piperidine rings is 1. The van der Waals surface area contributed by atoms with Gasteiger partial charge in [0.05, 0.1) is 13.2 Å². The van der Waals surface area contributed by atoms with Crippen molar-refractivity contribution in [2.24, 2.45) is 0 Å². The number of ether oxygens (including phenoxy) is 1. The Morgan fingerprint density at radius 2 is 2.32 bits per heavy atom. The summed E-state index contributed by atoms with van der Waals surface area (Å²) in [5.74, 6) is 1.09. The van der Waals surface area contributed by atoms with Gasteiger partial charge in [0.1, 0.15) is 5.75 Å². The minimum atomic E-state index is 0.00167. The van der Waals surface area contributed by atoms with Crippen LogP contribution in [0.1, 0.15) is 24.8 Å². The zero-order valence-electron chi connectivity index (χ0n) is 11.3. The van der Waals surface area contributed by atoms with E-state index in [4.69, 9.17) is 4.74 Å². The lowest BCUT2D eigenvalue weighted by atomic mass is 10.0. The molecule has 1 aromatic carbocycles. The van der Waals surface area contributed by atoms with E-state index < -0.39 is 0 Å². The molecular weight excluding hydrogens is 240 g/mol. The van der Waals surface area contributed by atoms with Crippen LogP contribution in [-0.4, -0.2) is 32.1 Å². The van der Waals surface area contributed by atoms with Gasteiger partial charge in [0, 0.05) is 12.2 Å². The van der Waals surface area contributed by atoms with Crippen molar-refractivity contribution in [3.8, 4) is 5.75 Å². The highest BCUT2D eigenvalue weighted by Gasteiger charge is 2.30. The quantitative estimate of drug-likeness (QED) is 0.880. The van der Waals surface area contributed by atoms with E-state index in [2.05, 4.69) is 5.32 Å². The van der Waals surface area contributed by atoms with Gasteiger partial charge in [-0.25, -0.2) is 0 Å². The number of carbonyl (C=O) groups is 1. The first-order valence-electron chi connectivity index (χ1n) is 7.01. The number of anilines is 1. The number of methoxy groups -OCH3 is 1. The van der Waals surface area contributed by atoms with Crippen LogP contribution in [0, 0.1) is 0 Å². The molecule has 0 aromatic heterocycles. The highest BCUT2D eigenvalue weighted by molar-refractivity contribution is 5.99. The molecule has 1 saturated heterocycles. The first-order chi connectivity index (χ1) is 9.29. The normalized spacial score (nSPS) is 22.2. The molecule has 0 saturated carbocycles. The van der Waals surface area contributed by atoms with E-state index in [1.165, 1.54) is 12.0 Å². The Morgan fingerprint density at radius 3 is 3.05 bits per heavy atom. The Kier molecular flexibility index (Phi) is 3.42. The third-order valence-corrected chi connectivity index (χ3v) is 4.06. The third kappa shape index (κ3) is 2.32. The second kappa shape index (κ2) is 5.21. The number of hydrogen-bond acceptors (Lipinski definition) is 3. The van der Waals surface area contributed by atoms with Crippen LogP contribution in [0.25, 0.3) is 0 Å². The van der Waals surface area contributed by atoms with Gasteiger partial charge >= 0.3 is 0 Å². The number of carbonyl (C=O) groups excluding carboxylic acids is 1. The molecule has 1 N–H and O–H groups in total. The average molecular weight is 260 g/mol. The maximum absolute atomic E-state index is 12.5. The summed E-state index contributed by atoms with van der Waals surface area (Å²) in [6.07, 6.45) is 4.20. The first-order valence-corrected chi connectivity index (χ1v) is 7.01. The van der Waals surface area contributed by atoms with Crippen LogP contribution in [0.4, 0.5) is 5.69 Å². The van der Waals surface area contributed by atoms with Crippen molar-refractivity contribution in [1.29, 1.82) is 0 Å². The number of hydrogen-bond donors (Lipinski definition) is 1. The first kappa shape index (κ1) is 12.5. The SMILES string of the molecule is COc1ccc2c(c1)CCN2C(=O)C1CCCCN1. The lowest BCUT2D eigenvalue weighted by molar-refractivity contribution is -0.121. The molecule has 0 aliphatic carbocycles. The van der Waals surface area contributed by atoms with Crippen LogP contribution >= 0.6 is 0 Å². The largest absolute Gasteiger partial charge is 0.497 e. The van der Waals surface area contributed by atoms with E-state index in [0.717, 1.165) is 43.8 Å². The van der Waals surface area contributed by atoms with Gasteiger partial charge < -0.3 is 15.0 Å². The Bertz CT molecular complexity index is 481.